The Kier molecular flexibility index (Phi) is 6.00. The Morgan fingerprint density at radius 2 is 1.83 bits per heavy atom. The first-order chi connectivity index (χ1) is 14.2. The van der Waals surface area contributed by atoms with Crippen LogP contribution in [-0.2, 0) is 0 Å². The molecule has 0 bridgehead atoms. The van der Waals surface area contributed by atoms with E-state index in [0.29, 0.717) is 26.4 Å². The topological polar surface area (TPSA) is 66.4 Å². The summed E-state index contributed by atoms with van der Waals surface area (Å²) in [4.78, 5) is 18.3. The van der Waals surface area contributed by atoms with Crippen molar-refractivity contribution in [3.05, 3.63) is 87.6 Å². The number of aromatic nitrogens is 1. The van der Waals surface area contributed by atoms with E-state index in [1.807, 2.05) is 47.8 Å². The van der Waals surface area contributed by atoms with Crippen molar-refractivity contribution in [1.29, 1.82) is 0 Å². The summed E-state index contributed by atoms with van der Waals surface area (Å²) in [6.07, 6.45) is 1.74. The molecular formula is C21H15ClN4OS2. The van der Waals surface area contributed by atoms with Crippen LogP contribution >= 0.6 is 34.3 Å². The minimum absolute atomic E-state index is 0.226. The van der Waals surface area contributed by atoms with Crippen molar-refractivity contribution in [2.75, 3.05) is 10.7 Å². The van der Waals surface area contributed by atoms with Gasteiger partial charge in [0.05, 0.1) is 6.21 Å². The highest BCUT2D eigenvalue weighted by Gasteiger charge is 2.16. The van der Waals surface area contributed by atoms with Crippen LogP contribution < -0.4 is 10.7 Å². The summed E-state index contributed by atoms with van der Waals surface area (Å²) in [5.74, 6) is -0.226. The number of halogens is 1. The molecule has 4 rings (SSSR count). The molecule has 0 atom stereocenters. The highest BCUT2D eigenvalue weighted by molar-refractivity contribution is 7.20. The predicted molar refractivity (Wildman–Crippen MR) is 122 cm³/mol. The smallest absolute Gasteiger partial charge is 0.256 e. The summed E-state index contributed by atoms with van der Waals surface area (Å²) >= 11 is 8.83. The van der Waals surface area contributed by atoms with Gasteiger partial charge >= 0.3 is 0 Å². The number of nitrogens with one attached hydrogen (secondary N) is 2. The molecular weight excluding hydrogens is 424 g/mol. The number of benzene rings is 2. The highest BCUT2D eigenvalue weighted by Crippen LogP contribution is 2.36. The SMILES string of the molecule is O=C(Nc1sc(NN=Cc2cccs2)nc1-c1ccccc1)c1ccc(Cl)cc1. The van der Waals surface area contributed by atoms with Gasteiger partial charge in [-0.2, -0.15) is 5.10 Å². The summed E-state index contributed by atoms with van der Waals surface area (Å²) in [6, 6.07) is 20.4. The number of thiazole rings is 1. The van der Waals surface area contributed by atoms with E-state index < -0.39 is 0 Å². The van der Waals surface area contributed by atoms with Crippen molar-refractivity contribution < 1.29 is 4.79 Å². The van der Waals surface area contributed by atoms with E-state index in [2.05, 4.69) is 20.8 Å². The maximum atomic E-state index is 12.7. The molecule has 0 aliphatic carbocycles. The van der Waals surface area contributed by atoms with E-state index >= 15 is 0 Å². The van der Waals surface area contributed by atoms with Gasteiger partial charge in [-0.05, 0) is 35.7 Å². The zero-order valence-corrected chi connectivity index (χ0v) is 17.4. The molecule has 2 N–H and O–H groups in total. The van der Waals surface area contributed by atoms with Crippen LogP contribution in [0, 0.1) is 0 Å². The van der Waals surface area contributed by atoms with E-state index in [9.17, 15) is 4.79 Å². The standard InChI is InChI=1S/C21H15ClN4OS2/c22-16-10-8-15(9-11-16)19(27)25-20-18(14-5-2-1-3-6-14)24-21(29-20)26-23-13-17-7-4-12-28-17/h1-13H,(H,24,26)(H,25,27). The Bertz CT molecular complexity index is 1120. The van der Waals surface area contributed by atoms with Crippen LogP contribution in [-0.4, -0.2) is 17.1 Å². The third-order valence-electron chi connectivity index (χ3n) is 3.90. The van der Waals surface area contributed by atoms with Gasteiger partial charge < -0.3 is 5.32 Å². The first-order valence-electron chi connectivity index (χ1n) is 8.65. The van der Waals surface area contributed by atoms with E-state index in [1.165, 1.54) is 11.3 Å². The normalized spacial score (nSPS) is 10.9. The van der Waals surface area contributed by atoms with E-state index in [0.717, 1.165) is 10.4 Å². The Morgan fingerprint density at radius 3 is 2.55 bits per heavy atom. The monoisotopic (exact) mass is 438 g/mol. The predicted octanol–water partition coefficient (Wildman–Crippen LogP) is 6.22. The molecule has 29 heavy (non-hydrogen) atoms. The van der Waals surface area contributed by atoms with Gasteiger partial charge in [-0.15, -0.1) is 11.3 Å². The maximum Gasteiger partial charge on any atom is 0.256 e. The molecule has 0 fully saturated rings. The lowest BCUT2D eigenvalue weighted by Crippen LogP contribution is -2.11. The lowest BCUT2D eigenvalue weighted by molar-refractivity contribution is 0.102. The van der Waals surface area contributed by atoms with Crippen molar-refractivity contribution in [3.8, 4) is 11.3 Å². The minimum Gasteiger partial charge on any atom is -0.312 e. The van der Waals surface area contributed by atoms with Gasteiger partial charge in [0.15, 0.2) is 0 Å². The molecule has 4 aromatic rings. The lowest BCUT2D eigenvalue weighted by atomic mass is 10.1. The zero-order valence-electron chi connectivity index (χ0n) is 15.0. The van der Waals surface area contributed by atoms with Gasteiger partial charge in [-0.3, -0.25) is 10.2 Å². The van der Waals surface area contributed by atoms with E-state index in [1.54, 1.807) is 41.8 Å². The molecule has 2 heterocycles. The van der Waals surface area contributed by atoms with Crippen LogP contribution in [0.4, 0.5) is 10.1 Å². The number of nitrogens with zero attached hydrogens (tertiary/aromatic N) is 2. The fourth-order valence-electron chi connectivity index (χ4n) is 2.54. The average molecular weight is 439 g/mol. The number of hydrogen-bond donors (Lipinski definition) is 2. The molecule has 0 radical (unpaired) electrons. The van der Waals surface area contributed by atoms with Crippen molar-refractivity contribution >= 4 is 56.5 Å². The Hall–Kier alpha value is -3.00. The number of amides is 1. The van der Waals surface area contributed by atoms with Crippen LogP contribution in [0.3, 0.4) is 0 Å². The van der Waals surface area contributed by atoms with Crippen molar-refractivity contribution in [2.24, 2.45) is 5.10 Å². The molecule has 144 valence electrons. The van der Waals surface area contributed by atoms with Crippen LogP contribution in [0.25, 0.3) is 11.3 Å². The molecule has 8 heteroatoms. The second-order valence-corrected chi connectivity index (χ2v) is 8.32. The number of anilines is 2. The van der Waals surface area contributed by atoms with Crippen molar-refractivity contribution in [1.82, 2.24) is 4.98 Å². The number of carbonyl (C=O) groups excluding carboxylic acids is 1. The van der Waals surface area contributed by atoms with Gasteiger partial charge in [-0.25, -0.2) is 4.98 Å². The van der Waals surface area contributed by atoms with Crippen LogP contribution in [0.5, 0.6) is 0 Å². The molecule has 1 amide bonds. The average Bonchev–Trinajstić information content (AvgIpc) is 3.39. The quantitative estimate of drug-likeness (QED) is 0.277. The fourth-order valence-corrected chi connectivity index (χ4v) is 4.08. The van der Waals surface area contributed by atoms with Crippen molar-refractivity contribution in [2.45, 2.75) is 0 Å². The van der Waals surface area contributed by atoms with Crippen LogP contribution in [0.15, 0.2) is 77.2 Å². The molecule has 0 saturated heterocycles. The largest absolute Gasteiger partial charge is 0.312 e. The van der Waals surface area contributed by atoms with Crippen LogP contribution in [0.1, 0.15) is 15.2 Å². The third-order valence-corrected chi connectivity index (χ3v) is 5.84. The number of hydrazone groups is 1. The summed E-state index contributed by atoms with van der Waals surface area (Å²) < 4.78 is 0. The van der Waals surface area contributed by atoms with Crippen molar-refractivity contribution in [3.63, 3.8) is 0 Å². The summed E-state index contributed by atoms with van der Waals surface area (Å²) in [5, 5.41) is 11.0. The maximum absolute atomic E-state index is 12.7. The first kappa shape index (κ1) is 19.3. The van der Waals surface area contributed by atoms with Gasteiger partial charge in [0.1, 0.15) is 10.7 Å². The third kappa shape index (κ3) is 4.89. The van der Waals surface area contributed by atoms with E-state index in [-0.39, 0.29) is 5.91 Å². The van der Waals surface area contributed by atoms with Crippen LogP contribution in [0.2, 0.25) is 5.02 Å². The molecule has 0 spiro atoms. The highest BCUT2D eigenvalue weighted by atomic mass is 35.5. The lowest BCUT2D eigenvalue weighted by Gasteiger charge is -2.05. The number of carbonyl (C=O) groups is 1. The fraction of sp³-hybridized carbons (Fsp3) is 0. The Morgan fingerprint density at radius 1 is 1.03 bits per heavy atom. The Labute approximate surface area is 180 Å². The number of hydrogen-bond acceptors (Lipinski definition) is 6. The second kappa shape index (κ2) is 9.00. The van der Waals surface area contributed by atoms with Gasteiger partial charge in [0.2, 0.25) is 5.13 Å². The second-order valence-electron chi connectivity index (χ2n) is 5.91. The summed E-state index contributed by atoms with van der Waals surface area (Å²) in [5.41, 5.74) is 5.06. The summed E-state index contributed by atoms with van der Waals surface area (Å²) in [6.45, 7) is 0. The molecule has 2 aromatic heterocycles. The molecule has 0 unspecified atom stereocenters. The molecule has 2 aromatic carbocycles. The molecule has 5 nitrogen and oxygen atoms in total. The van der Waals surface area contributed by atoms with Gasteiger partial charge in [0.25, 0.3) is 5.91 Å². The Balaban J connectivity index is 1.59. The van der Waals surface area contributed by atoms with E-state index in [4.69, 9.17) is 11.6 Å². The number of rotatable bonds is 6. The zero-order chi connectivity index (χ0) is 20.1. The first-order valence-corrected chi connectivity index (χ1v) is 10.7. The molecule has 0 saturated carbocycles. The molecule has 0 aliphatic rings. The van der Waals surface area contributed by atoms with Gasteiger partial charge in [-0.1, -0.05) is 59.3 Å². The molecule has 0 aliphatic heterocycles. The van der Waals surface area contributed by atoms with Gasteiger partial charge in [0, 0.05) is 21.0 Å². The summed E-state index contributed by atoms with van der Waals surface area (Å²) in [7, 11) is 0. The number of thiophene rings is 1. The minimum atomic E-state index is -0.226.